The van der Waals surface area contributed by atoms with Crippen LogP contribution in [0.4, 0.5) is 0 Å². The van der Waals surface area contributed by atoms with Crippen LogP contribution >= 0.6 is 0 Å². The van der Waals surface area contributed by atoms with Crippen LogP contribution in [-0.4, -0.2) is 47.3 Å². The first kappa shape index (κ1) is 30.2. The van der Waals surface area contributed by atoms with E-state index in [1.54, 1.807) is 37.4 Å². The monoisotopic (exact) mass is 611 g/mol. The lowest BCUT2D eigenvalue weighted by Crippen LogP contribution is -2.46. The van der Waals surface area contributed by atoms with Crippen molar-refractivity contribution < 1.29 is 23.8 Å². The highest BCUT2D eigenvalue weighted by Gasteiger charge is 2.35. The molecule has 4 heterocycles. The van der Waals surface area contributed by atoms with Crippen LogP contribution in [0.1, 0.15) is 53.0 Å². The Kier molecular flexibility index (Phi) is 8.75. The van der Waals surface area contributed by atoms with Crippen molar-refractivity contribution in [3.05, 3.63) is 122 Å². The molecule has 2 aliphatic heterocycles. The number of rotatable bonds is 11. The molecule has 6 rings (SSSR count). The van der Waals surface area contributed by atoms with E-state index in [-0.39, 0.29) is 23.7 Å². The number of carbonyl (C=O) groups is 1. The maximum Gasteiger partial charge on any atom is 0.250 e. The number of para-hydroxylation sites is 1. The number of fused-ring (bicyclic) bond motifs is 4. The van der Waals surface area contributed by atoms with Crippen molar-refractivity contribution in [2.75, 3.05) is 26.8 Å². The minimum absolute atomic E-state index is 0.0170. The van der Waals surface area contributed by atoms with E-state index in [1.165, 1.54) is 6.07 Å². The highest BCUT2D eigenvalue weighted by atomic mass is 16.5. The molecule has 10 nitrogen and oxygen atoms in total. The van der Waals surface area contributed by atoms with Gasteiger partial charge in [-0.05, 0) is 42.2 Å². The molecule has 0 aliphatic carbocycles. The molecule has 0 spiro atoms. The third-order valence-corrected chi connectivity index (χ3v) is 8.76. The second-order valence-electron chi connectivity index (χ2n) is 11.9. The fourth-order valence-electron chi connectivity index (χ4n) is 6.73. The summed E-state index contributed by atoms with van der Waals surface area (Å²) in [5, 5.41) is 10.9. The van der Waals surface area contributed by atoms with Crippen LogP contribution in [0.3, 0.4) is 0 Å². The van der Waals surface area contributed by atoms with Crippen molar-refractivity contribution in [2.45, 2.75) is 44.2 Å². The first-order valence-electron chi connectivity index (χ1n) is 15.2. The first-order chi connectivity index (χ1) is 21.8. The summed E-state index contributed by atoms with van der Waals surface area (Å²) < 4.78 is 19.5. The van der Waals surface area contributed by atoms with Gasteiger partial charge in [0.1, 0.15) is 17.3 Å². The summed E-state index contributed by atoms with van der Waals surface area (Å²) in [5.74, 6) is 0.119. The Labute approximate surface area is 260 Å². The fraction of sp³-hybridized carbons (Fsp3) is 0.343. The van der Waals surface area contributed by atoms with E-state index < -0.39 is 23.0 Å². The van der Waals surface area contributed by atoms with Crippen molar-refractivity contribution in [2.24, 2.45) is 11.7 Å². The van der Waals surface area contributed by atoms with E-state index in [0.29, 0.717) is 55.7 Å². The number of aromatic hydroxyl groups is 1. The maximum absolute atomic E-state index is 13.1. The van der Waals surface area contributed by atoms with Crippen LogP contribution in [0.15, 0.2) is 86.8 Å². The fourth-order valence-corrected chi connectivity index (χ4v) is 6.73. The van der Waals surface area contributed by atoms with Crippen molar-refractivity contribution in [3.8, 4) is 17.2 Å². The number of hydrogen-bond acceptors (Lipinski definition) is 8. The Morgan fingerprint density at radius 3 is 2.62 bits per heavy atom. The van der Waals surface area contributed by atoms with Crippen molar-refractivity contribution in [1.82, 2.24) is 9.47 Å². The number of nitrogens with zero attached hydrogens (tertiary/aromatic N) is 2. The first-order valence-corrected chi connectivity index (χ1v) is 15.2. The number of pyridine rings is 1. The van der Waals surface area contributed by atoms with E-state index in [0.717, 1.165) is 30.0 Å². The average molecular weight is 612 g/mol. The van der Waals surface area contributed by atoms with Gasteiger partial charge in [-0.15, -0.1) is 0 Å². The van der Waals surface area contributed by atoms with Gasteiger partial charge in [-0.25, -0.2) is 0 Å². The molecule has 0 saturated carbocycles. The van der Waals surface area contributed by atoms with Gasteiger partial charge in [-0.2, -0.15) is 0 Å². The SMILES string of the molecule is COc1ccc(CCOc2ccccc2C(CC(N)=O)c2oc(CN3CC4CC(C3)c3cccc(=O)n3C4)cc(=O)c2O)cc1. The highest BCUT2D eigenvalue weighted by Crippen LogP contribution is 2.39. The van der Waals surface area contributed by atoms with Crippen LogP contribution in [0, 0.1) is 5.92 Å². The Bertz CT molecular complexity index is 1800. The Morgan fingerprint density at radius 1 is 1.04 bits per heavy atom. The van der Waals surface area contributed by atoms with Gasteiger partial charge in [0.15, 0.2) is 5.76 Å². The Balaban J connectivity index is 1.24. The van der Waals surface area contributed by atoms with Crippen molar-refractivity contribution in [1.29, 1.82) is 0 Å². The maximum atomic E-state index is 13.1. The zero-order valence-corrected chi connectivity index (χ0v) is 25.2. The lowest BCUT2D eigenvalue weighted by Gasteiger charge is -2.42. The Morgan fingerprint density at radius 2 is 1.84 bits per heavy atom. The second-order valence-corrected chi connectivity index (χ2v) is 11.9. The van der Waals surface area contributed by atoms with E-state index >= 15 is 0 Å². The third-order valence-electron chi connectivity index (χ3n) is 8.76. The predicted octanol–water partition coefficient (Wildman–Crippen LogP) is 3.76. The van der Waals surface area contributed by atoms with Gasteiger partial charge in [-0.1, -0.05) is 36.4 Å². The molecule has 2 aliphatic rings. The zero-order valence-electron chi connectivity index (χ0n) is 25.2. The molecule has 10 heteroatoms. The number of likely N-dealkylation sites (tertiary alicyclic amines) is 1. The zero-order chi connectivity index (χ0) is 31.5. The summed E-state index contributed by atoms with van der Waals surface area (Å²) in [5.41, 5.74) is 7.78. The molecule has 2 aromatic heterocycles. The number of aromatic nitrogens is 1. The summed E-state index contributed by atoms with van der Waals surface area (Å²) in [6, 6.07) is 21.6. The predicted molar refractivity (Wildman–Crippen MR) is 168 cm³/mol. The van der Waals surface area contributed by atoms with Crippen LogP contribution in [0.25, 0.3) is 0 Å². The molecule has 45 heavy (non-hydrogen) atoms. The molecule has 3 atom stereocenters. The number of carbonyl (C=O) groups excluding carboxylic acids is 1. The van der Waals surface area contributed by atoms with Gasteiger partial charge in [-0.3, -0.25) is 19.3 Å². The second kappa shape index (κ2) is 13.0. The summed E-state index contributed by atoms with van der Waals surface area (Å²) in [4.78, 5) is 40.0. The highest BCUT2D eigenvalue weighted by molar-refractivity contribution is 5.75. The molecule has 2 aromatic carbocycles. The van der Waals surface area contributed by atoms with Gasteiger partial charge in [0.25, 0.3) is 5.56 Å². The summed E-state index contributed by atoms with van der Waals surface area (Å²) in [6.07, 6.45) is 1.43. The number of methoxy groups -OCH3 is 1. The number of primary amides is 1. The molecule has 3 unspecified atom stereocenters. The average Bonchev–Trinajstić information content (AvgIpc) is 3.03. The number of piperidine rings is 1. The van der Waals surface area contributed by atoms with E-state index in [1.807, 2.05) is 41.0 Å². The van der Waals surface area contributed by atoms with Crippen molar-refractivity contribution in [3.63, 3.8) is 0 Å². The van der Waals surface area contributed by atoms with Crippen molar-refractivity contribution >= 4 is 5.91 Å². The third kappa shape index (κ3) is 6.66. The minimum Gasteiger partial charge on any atom is -0.502 e. The van der Waals surface area contributed by atoms with Gasteiger partial charge in [0, 0.05) is 61.8 Å². The summed E-state index contributed by atoms with van der Waals surface area (Å²) in [7, 11) is 1.62. The molecule has 4 aromatic rings. The molecule has 0 radical (unpaired) electrons. The lowest BCUT2D eigenvalue weighted by molar-refractivity contribution is -0.118. The molecule has 1 fully saturated rings. The van der Waals surface area contributed by atoms with Gasteiger partial charge >= 0.3 is 0 Å². The molecule has 1 saturated heterocycles. The normalized spacial score (nSPS) is 18.2. The number of amides is 1. The smallest absolute Gasteiger partial charge is 0.250 e. The standard InChI is InChI=1S/C35H37N3O7/c1-43-25-11-9-22(10-12-25)13-14-44-31-7-3-2-5-27(31)28(17-32(36)40)35-34(42)30(39)16-26(45-35)21-37-18-23-15-24(20-37)29-6-4-8-33(41)38(29)19-23/h2-12,16,23-24,28,42H,13-15,17-21H2,1H3,(H2,36,40). The van der Waals surface area contributed by atoms with Gasteiger partial charge in [0.05, 0.1) is 26.2 Å². The molecule has 1 amide bonds. The van der Waals surface area contributed by atoms with E-state index in [2.05, 4.69) is 4.90 Å². The van der Waals surface area contributed by atoms with Crippen LogP contribution in [0.2, 0.25) is 0 Å². The molecule has 3 N–H and O–H groups in total. The number of nitrogens with two attached hydrogens (primary N) is 1. The quantitative estimate of drug-likeness (QED) is 0.262. The molecule has 2 bridgehead atoms. The molecule has 234 valence electrons. The lowest BCUT2D eigenvalue weighted by atomic mass is 9.83. The van der Waals surface area contributed by atoms with E-state index in [4.69, 9.17) is 19.6 Å². The number of hydrogen-bond donors (Lipinski definition) is 2. The summed E-state index contributed by atoms with van der Waals surface area (Å²) in [6.45, 7) is 2.80. The van der Waals surface area contributed by atoms with Crippen LogP contribution < -0.4 is 26.2 Å². The van der Waals surface area contributed by atoms with Gasteiger partial charge in [0.2, 0.25) is 17.1 Å². The topological polar surface area (TPSA) is 137 Å². The summed E-state index contributed by atoms with van der Waals surface area (Å²) >= 11 is 0. The number of benzene rings is 2. The van der Waals surface area contributed by atoms with Gasteiger partial charge < -0.3 is 29.3 Å². The largest absolute Gasteiger partial charge is 0.502 e. The number of ether oxygens (including phenoxy) is 2. The Hall–Kier alpha value is -4.83. The van der Waals surface area contributed by atoms with E-state index in [9.17, 15) is 19.5 Å². The van der Waals surface area contributed by atoms with Crippen LogP contribution in [0.5, 0.6) is 17.2 Å². The molecular weight excluding hydrogens is 574 g/mol. The molecular formula is C35H37N3O7. The minimum atomic E-state index is -0.841. The van der Waals surface area contributed by atoms with Crippen LogP contribution in [-0.2, 0) is 24.3 Å².